The predicted octanol–water partition coefficient (Wildman–Crippen LogP) is 2.69. The van der Waals surface area contributed by atoms with Crippen LogP contribution in [0, 0.1) is 0 Å². The van der Waals surface area contributed by atoms with Gasteiger partial charge in [-0.05, 0) is 18.2 Å². The van der Waals surface area contributed by atoms with Crippen LogP contribution >= 0.6 is 0 Å². The van der Waals surface area contributed by atoms with Crippen LogP contribution in [0.2, 0.25) is 0 Å². The first kappa shape index (κ1) is 7.73. The summed E-state index contributed by atoms with van der Waals surface area (Å²) in [6.07, 6.45) is 1.56. The van der Waals surface area contributed by atoms with E-state index >= 15 is 0 Å². The highest BCUT2D eigenvalue weighted by atomic mass is 16.7. The van der Waals surface area contributed by atoms with Crippen molar-refractivity contribution < 1.29 is 9.25 Å². The third-order valence-corrected chi connectivity index (χ3v) is 1.54. The number of anilines is 1. The molecular weight excluding hydrogens is 166 g/mol. The van der Waals surface area contributed by atoms with Crippen LogP contribution < -0.4 is 10.3 Å². The van der Waals surface area contributed by atoms with Crippen LogP contribution in [-0.2, 0) is 0 Å². The van der Waals surface area contributed by atoms with E-state index in [4.69, 9.17) is 9.25 Å². The number of benzene rings is 1. The fraction of sp³-hybridized carbons (Fsp3) is 0. The molecule has 0 fully saturated rings. The van der Waals surface area contributed by atoms with E-state index in [2.05, 4.69) is 5.48 Å². The van der Waals surface area contributed by atoms with Crippen LogP contribution in [0.4, 0.5) is 5.69 Å². The summed E-state index contributed by atoms with van der Waals surface area (Å²) in [4.78, 5) is 5.12. The lowest BCUT2D eigenvalue weighted by Crippen LogP contribution is -2.02. The van der Waals surface area contributed by atoms with Gasteiger partial charge in [0.1, 0.15) is 0 Å². The van der Waals surface area contributed by atoms with Crippen LogP contribution in [0.15, 0.2) is 53.1 Å². The molecule has 0 amide bonds. The SMILES string of the molecule is c1ccc(NOc2ccco2)cc1. The molecule has 1 aromatic heterocycles. The molecule has 0 atom stereocenters. The number of furan rings is 1. The first-order valence-corrected chi connectivity index (χ1v) is 3.96. The molecule has 1 heterocycles. The maximum absolute atomic E-state index is 5.12. The Morgan fingerprint density at radius 3 is 2.54 bits per heavy atom. The van der Waals surface area contributed by atoms with Gasteiger partial charge >= 0.3 is 5.95 Å². The lowest BCUT2D eigenvalue weighted by molar-refractivity contribution is 0.300. The molecule has 0 bridgehead atoms. The Bertz CT molecular complexity index is 342. The number of hydrogen-bond acceptors (Lipinski definition) is 3. The van der Waals surface area contributed by atoms with Crippen LogP contribution in [0.25, 0.3) is 0 Å². The van der Waals surface area contributed by atoms with Crippen molar-refractivity contribution in [2.75, 3.05) is 5.48 Å². The lowest BCUT2D eigenvalue weighted by Gasteiger charge is -2.03. The van der Waals surface area contributed by atoms with E-state index in [9.17, 15) is 0 Å². The van der Waals surface area contributed by atoms with E-state index < -0.39 is 0 Å². The number of nitrogens with one attached hydrogen (secondary N) is 1. The maximum Gasteiger partial charge on any atom is 0.311 e. The summed E-state index contributed by atoms with van der Waals surface area (Å²) in [5.41, 5.74) is 3.64. The van der Waals surface area contributed by atoms with E-state index in [0.717, 1.165) is 5.69 Å². The Labute approximate surface area is 75.9 Å². The number of hydrogen-bond donors (Lipinski definition) is 1. The minimum atomic E-state index is 0.448. The summed E-state index contributed by atoms with van der Waals surface area (Å²) in [7, 11) is 0. The van der Waals surface area contributed by atoms with Crippen LogP contribution in [-0.4, -0.2) is 0 Å². The van der Waals surface area contributed by atoms with Gasteiger partial charge in [0.2, 0.25) is 0 Å². The molecule has 2 aromatic rings. The highest BCUT2D eigenvalue weighted by Gasteiger charge is 1.94. The topological polar surface area (TPSA) is 34.4 Å². The van der Waals surface area contributed by atoms with Crippen molar-refractivity contribution in [3.8, 4) is 5.95 Å². The Balaban J connectivity index is 1.94. The first-order valence-electron chi connectivity index (χ1n) is 3.96. The summed E-state index contributed by atoms with van der Waals surface area (Å²) < 4.78 is 4.97. The van der Waals surface area contributed by atoms with Crippen molar-refractivity contribution in [1.82, 2.24) is 0 Å². The average Bonchev–Trinajstić information content (AvgIpc) is 2.69. The smallest absolute Gasteiger partial charge is 0.311 e. The van der Waals surface area contributed by atoms with Gasteiger partial charge in [-0.25, -0.2) is 5.48 Å². The van der Waals surface area contributed by atoms with Crippen molar-refractivity contribution in [1.29, 1.82) is 0 Å². The molecule has 2 rings (SSSR count). The van der Waals surface area contributed by atoms with E-state index in [1.807, 2.05) is 30.3 Å². The summed E-state index contributed by atoms with van der Waals surface area (Å²) in [5, 5.41) is 0. The van der Waals surface area contributed by atoms with Crippen LogP contribution in [0.5, 0.6) is 5.95 Å². The van der Waals surface area contributed by atoms with Gasteiger partial charge in [0, 0.05) is 6.07 Å². The molecule has 0 saturated heterocycles. The zero-order chi connectivity index (χ0) is 8.93. The molecule has 0 radical (unpaired) electrons. The Kier molecular flexibility index (Phi) is 2.18. The molecule has 1 N–H and O–H groups in total. The third kappa shape index (κ3) is 2.02. The van der Waals surface area contributed by atoms with Crippen molar-refractivity contribution >= 4 is 5.69 Å². The molecule has 3 heteroatoms. The van der Waals surface area contributed by atoms with Gasteiger partial charge in [-0.3, -0.25) is 0 Å². The Morgan fingerprint density at radius 1 is 1.00 bits per heavy atom. The van der Waals surface area contributed by atoms with Gasteiger partial charge in [-0.15, -0.1) is 0 Å². The first-order chi connectivity index (χ1) is 6.45. The molecule has 1 aromatic carbocycles. The fourth-order valence-corrected chi connectivity index (χ4v) is 0.937. The van der Waals surface area contributed by atoms with E-state index in [0.29, 0.717) is 5.95 Å². The van der Waals surface area contributed by atoms with Crippen molar-refractivity contribution in [3.05, 3.63) is 48.7 Å². The van der Waals surface area contributed by atoms with Crippen LogP contribution in [0.1, 0.15) is 0 Å². The Morgan fingerprint density at radius 2 is 1.85 bits per heavy atom. The summed E-state index contributed by atoms with van der Waals surface area (Å²) in [6, 6.07) is 13.1. The fourth-order valence-electron chi connectivity index (χ4n) is 0.937. The highest BCUT2D eigenvalue weighted by molar-refractivity contribution is 5.40. The van der Waals surface area contributed by atoms with E-state index in [-0.39, 0.29) is 0 Å². The molecule has 0 unspecified atom stereocenters. The molecule has 13 heavy (non-hydrogen) atoms. The number of rotatable bonds is 3. The van der Waals surface area contributed by atoms with Gasteiger partial charge in [0.05, 0.1) is 12.0 Å². The summed E-state index contributed by atoms with van der Waals surface area (Å²) in [6.45, 7) is 0. The minimum absolute atomic E-state index is 0.448. The van der Waals surface area contributed by atoms with Crippen molar-refractivity contribution in [2.45, 2.75) is 0 Å². The third-order valence-electron chi connectivity index (χ3n) is 1.54. The summed E-state index contributed by atoms with van der Waals surface area (Å²) in [5.74, 6) is 0.448. The zero-order valence-electron chi connectivity index (χ0n) is 6.94. The van der Waals surface area contributed by atoms with Crippen molar-refractivity contribution in [2.24, 2.45) is 0 Å². The van der Waals surface area contributed by atoms with Crippen LogP contribution in [0.3, 0.4) is 0 Å². The number of para-hydroxylation sites is 1. The Hall–Kier alpha value is -1.90. The van der Waals surface area contributed by atoms with Gasteiger partial charge in [-0.2, -0.15) is 0 Å². The molecule has 0 saturated carbocycles. The highest BCUT2D eigenvalue weighted by Crippen LogP contribution is 2.12. The molecule has 66 valence electrons. The minimum Gasteiger partial charge on any atom is -0.433 e. The van der Waals surface area contributed by atoms with Crippen molar-refractivity contribution in [3.63, 3.8) is 0 Å². The van der Waals surface area contributed by atoms with Gasteiger partial charge in [0.15, 0.2) is 0 Å². The maximum atomic E-state index is 5.12. The second-order valence-corrected chi connectivity index (χ2v) is 2.50. The standard InChI is InChI=1S/C10H9NO2/c1-2-5-9(6-3-1)11-13-10-7-4-8-12-10/h1-8,11H. The molecule has 0 spiro atoms. The average molecular weight is 175 g/mol. The summed E-state index contributed by atoms with van der Waals surface area (Å²) >= 11 is 0. The largest absolute Gasteiger partial charge is 0.433 e. The second-order valence-electron chi connectivity index (χ2n) is 2.50. The second kappa shape index (κ2) is 3.67. The van der Waals surface area contributed by atoms with Gasteiger partial charge in [-0.1, -0.05) is 18.2 Å². The lowest BCUT2D eigenvalue weighted by atomic mass is 10.3. The molecule has 3 nitrogen and oxygen atoms in total. The molecular formula is C10H9NO2. The monoisotopic (exact) mass is 175 g/mol. The zero-order valence-corrected chi connectivity index (χ0v) is 6.94. The molecule has 0 aliphatic carbocycles. The van der Waals surface area contributed by atoms with E-state index in [1.165, 1.54) is 0 Å². The predicted molar refractivity (Wildman–Crippen MR) is 49.4 cm³/mol. The molecule has 0 aliphatic heterocycles. The quantitative estimate of drug-likeness (QED) is 0.728. The van der Waals surface area contributed by atoms with Gasteiger partial charge < -0.3 is 9.25 Å². The van der Waals surface area contributed by atoms with Gasteiger partial charge in [0.25, 0.3) is 0 Å². The molecule has 0 aliphatic rings. The van der Waals surface area contributed by atoms with E-state index in [1.54, 1.807) is 18.4 Å². The normalized spacial score (nSPS) is 9.54.